The molecule has 0 atom stereocenters. The molecule has 0 aliphatic heterocycles. The number of nitrogens with two attached hydrogens (primary N) is 1. The summed E-state index contributed by atoms with van der Waals surface area (Å²) < 4.78 is 2.04. The summed E-state index contributed by atoms with van der Waals surface area (Å²) in [4.78, 5) is 19.3. The average Bonchev–Trinajstić information content (AvgIpc) is 2.69. The topological polar surface area (TPSA) is 98.7 Å². The van der Waals surface area contributed by atoms with Gasteiger partial charge in [0.25, 0.3) is 0 Å². The number of rotatable bonds is 3. The largest absolute Gasteiger partial charge is 0.367 e. The lowest BCUT2D eigenvalue weighted by Crippen LogP contribution is -2.19. The zero-order chi connectivity index (χ0) is 13.1. The lowest BCUT2D eigenvalue weighted by atomic mass is 10.4. The summed E-state index contributed by atoms with van der Waals surface area (Å²) in [6.07, 6.45) is 2.91. The Labute approximate surface area is 115 Å². The molecule has 9 heteroatoms. The van der Waals surface area contributed by atoms with Crippen LogP contribution >= 0.6 is 27.5 Å². The minimum atomic E-state index is -0.304. The van der Waals surface area contributed by atoms with Gasteiger partial charge in [0.05, 0.1) is 5.69 Å². The molecule has 2 aromatic rings. The number of aromatic nitrogens is 4. The van der Waals surface area contributed by atoms with Crippen molar-refractivity contribution in [2.75, 3.05) is 11.1 Å². The number of halogens is 2. The normalized spacial score (nSPS) is 10.3. The molecule has 18 heavy (non-hydrogen) atoms. The quantitative estimate of drug-likeness (QED) is 0.826. The number of amides is 1. The van der Waals surface area contributed by atoms with Crippen LogP contribution in [0.4, 0.5) is 11.6 Å². The van der Waals surface area contributed by atoms with E-state index in [1.54, 1.807) is 6.07 Å². The van der Waals surface area contributed by atoms with Crippen molar-refractivity contribution in [3.8, 4) is 0 Å². The van der Waals surface area contributed by atoms with Crippen LogP contribution in [0.1, 0.15) is 0 Å². The minimum Gasteiger partial charge on any atom is -0.367 e. The van der Waals surface area contributed by atoms with Gasteiger partial charge < -0.3 is 11.1 Å². The van der Waals surface area contributed by atoms with Gasteiger partial charge in [-0.05, 0) is 22.0 Å². The van der Waals surface area contributed by atoms with E-state index < -0.39 is 0 Å². The summed E-state index contributed by atoms with van der Waals surface area (Å²) >= 11 is 9.09. The zero-order valence-electron chi connectivity index (χ0n) is 8.97. The maximum Gasteiger partial charge on any atom is 0.246 e. The molecule has 0 saturated heterocycles. The summed E-state index contributed by atoms with van der Waals surface area (Å²) in [7, 11) is 0. The van der Waals surface area contributed by atoms with Gasteiger partial charge in [0.1, 0.15) is 12.9 Å². The summed E-state index contributed by atoms with van der Waals surface area (Å²) in [5.74, 6) is -0.188. The van der Waals surface area contributed by atoms with E-state index in [1.807, 2.05) is 0 Å². The molecule has 1 amide bonds. The number of pyridine rings is 1. The first-order valence-electron chi connectivity index (χ1n) is 4.80. The number of nitrogen functional groups attached to an aromatic ring is 1. The highest BCUT2D eigenvalue weighted by Crippen LogP contribution is 2.22. The Hall–Kier alpha value is -1.67. The predicted molar refractivity (Wildman–Crippen MR) is 70.0 cm³/mol. The third-order valence-electron chi connectivity index (χ3n) is 1.94. The molecule has 0 bridgehead atoms. The van der Waals surface area contributed by atoms with E-state index in [0.717, 1.165) is 0 Å². The van der Waals surface area contributed by atoms with Crippen molar-refractivity contribution in [3.63, 3.8) is 0 Å². The molecule has 0 fully saturated rings. The first kappa shape index (κ1) is 12.8. The van der Waals surface area contributed by atoms with Crippen molar-refractivity contribution in [2.24, 2.45) is 0 Å². The van der Waals surface area contributed by atoms with Crippen LogP contribution in [-0.2, 0) is 11.3 Å². The number of carbonyl (C=O) groups excluding carboxylic acids is 1. The monoisotopic (exact) mass is 330 g/mol. The Balaban J connectivity index is 2.05. The van der Waals surface area contributed by atoms with Crippen molar-refractivity contribution < 1.29 is 4.79 Å². The lowest BCUT2D eigenvalue weighted by molar-refractivity contribution is -0.116. The molecule has 0 aromatic carbocycles. The van der Waals surface area contributed by atoms with Crippen LogP contribution in [0.3, 0.4) is 0 Å². The van der Waals surface area contributed by atoms with E-state index in [0.29, 0.717) is 10.2 Å². The van der Waals surface area contributed by atoms with E-state index in [-0.39, 0.29) is 23.6 Å². The van der Waals surface area contributed by atoms with E-state index in [1.165, 1.54) is 17.2 Å². The fraction of sp³-hybridized carbons (Fsp3) is 0.111. The average molecular weight is 332 g/mol. The van der Waals surface area contributed by atoms with E-state index in [9.17, 15) is 4.79 Å². The molecule has 0 unspecified atom stereocenters. The fourth-order valence-corrected chi connectivity index (χ4v) is 1.71. The van der Waals surface area contributed by atoms with Gasteiger partial charge in [0.15, 0.2) is 5.15 Å². The SMILES string of the molecule is Nc1ncn(CC(=O)Nc2cc(Br)cnc2Cl)n1. The third-order valence-corrected chi connectivity index (χ3v) is 2.67. The Morgan fingerprint density at radius 1 is 1.56 bits per heavy atom. The molecule has 2 heterocycles. The van der Waals surface area contributed by atoms with Gasteiger partial charge in [-0.25, -0.2) is 14.6 Å². The molecule has 3 N–H and O–H groups in total. The van der Waals surface area contributed by atoms with Crippen LogP contribution in [0.25, 0.3) is 0 Å². The smallest absolute Gasteiger partial charge is 0.246 e. The summed E-state index contributed by atoms with van der Waals surface area (Å²) in [6, 6.07) is 1.66. The van der Waals surface area contributed by atoms with Gasteiger partial charge in [-0.3, -0.25) is 4.79 Å². The Kier molecular flexibility index (Phi) is 3.78. The Morgan fingerprint density at radius 2 is 2.33 bits per heavy atom. The summed E-state index contributed by atoms with van der Waals surface area (Å²) in [6.45, 7) is -0.00690. The van der Waals surface area contributed by atoms with Crippen molar-refractivity contribution in [1.82, 2.24) is 19.7 Å². The molecule has 0 aliphatic rings. The maximum atomic E-state index is 11.7. The molecular weight excluding hydrogens is 323 g/mol. The first-order chi connectivity index (χ1) is 8.54. The first-order valence-corrected chi connectivity index (χ1v) is 5.97. The second kappa shape index (κ2) is 5.32. The molecule has 0 radical (unpaired) electrons. The number of hydrogen-bond donors (Lipinski definition) is 2. The van der Waals surface area contributed by atoms with Crippen LogP contribution in [0.15, 0.2) is 23.1 Å². The molecule has 0 saturated carbocycles. The van der Waals surface area contributed by atoms with Gasteiger partial charge in [-0.15, -0.1) is 5.10 Å². The number of carbonyl (C=O) groups is 1. The van der Waals surface area contributed by atoms with Gasteiger partial charge >= 0.3 is 0 Å². The molecular formula is C9H8BrClN6O. The molecule has 2 rings (SSSR count). The molecule has 0 spiro atoms. The Morgan fingerprint density at radius 3 is 3.00 bits per heavy atom. The van der Waals surface area contributed by atoms with E-state index >= 15 is 0 Å². The Bertz CT molecular complexity index is 586. The number of nitrogens with one attached hydrogen (secondary N) is 1. The minimum absolute atomic E-state index is 0.00690. The van der Waals surface area contributed by atoms with Crippen molar-refractivity contribution >= 4 is 45.1 Å². The van der Waals surface area contributed by atoms with Crippen molar-refractivity contribution in [1.29, 1.82) is 0 Å². The second-order valence-electron chi connectivity index (χ2n) is 3.34. The van der Waals surface area contributed by atoms with E-state index in [4.69, 9.17) is 17.3 Å². The highest BCUT2D eigenvalue weighted by Gasteiger charge is 2.09. The van der Waals surface area contributed by atoms with Crippen LogP contribution in [0.2, 0.25) is 5.15 Å². The highest BCUT2D eigenvalue weighted by atomic mass is 79.9. The lowest BCUT2D eigenvalue weighted by Gasteiger charge is -2.06. The maximum absolute atomic E-state index is 11.7. The highest BCUT2D eigenvalue weighted by molar-refractivity contribution is 9.10. The number of hydrogen-bond acceptors (Lipinski definition) is 5. The van der Waals surface area contributed by atoms with Crippen LogP contribution in [0.5, 0.6) is 0 Å². The summed E-state index contributed by atoms with van der Waals surface area (Å²) in [5, 5.41) is 6.63. The van der Waals surface area contributed by atoms with Crippen LogP contribution in [-0.4, -0.2) is 25.7 Å². The molecule has 7 nitrogen and oxygen atoms in total. The predicted octanol–water partition coefficient (Wildman–Crippen LogP) is 1.31. The van der Waals surface area contributed by atoms with Crippen LogP contribution < -0.4 is 11.1 Å². The van der Waals surface area contributed by atoms with Gasteiger partial charge in [0, 0.05) is 10.7 Å². The molecule has 0 aliphatic carbocycles. The molecule has 94 valence electrons. The second-order valence-corrected chi connectivity index (χ2v) is 4.61. The molecule has 2 aromatic heterocycles. The van der Waals surface area contributed by atoms with Crippen molar-refractivity contribution in [2.45, 2.75) is 6.54 Å². The van der Waals surface area contributed by atoms with Gasteiger partial charge in [-0.2, -0.15) is 0 Å². The van der Waals surface area contributed by atoms with Crippen LogP contribution in [0, 0.1) is 0 Å². The van der Waals surface area contributed by atoms with Gasteiger partial charge in [-0.1, -0.05) is 11.6 Å². The third kappa shape index (κ3) is 3.17. The standard InChI is InChI=1S/C9H8BrClN6O/c10-5-1-6(8(11)13-2-5)15-7(18)3-17-4-14-9(12)16-17/h1-2,4H,3H2,(H2,12,16)(H,15,18). The van der Waals surface area contributed by atoms with E-state index in [2.05, 4.69) is 36.3 Å². The van der Waals surface area contributed by atoms with Gasteiger partial charge in [0.2, 0.25) is 11.9 Å². The summed E-state index contributed by atoms with van der Waals surface area (Å²) in [5.41, 5.74) is 5.76. The zero-order valence-corrected chi connectivity index (χ0v) is 11.3. The fourth-order valence-electron chi connectivity index (χ4n) is 1.23. The van der Waals surface area contributed by atoms with Crippen molar-refractivity contribution in [3.05, 3.63) is 28.2 Å². The number of nitrogens with zero attached hydrogens (tertiary/aromatic N) is 4. The number of anilines is 2.